The maximum absolute atomic E-state index is 12.5. The minimum absolute atomic E-state index is 0.224. The molecule has 0 unspecified atom stereocenters. The van der Waals surface area contributed by atoms with Crippen molar-refractivity contribution in [3.8, 4) is 0 Å². The van der Waals surface area contributed by atoms with Crippen molar-refractivity contribution in [1.82, 2.24) is 14.8 Å². The molecule has 3 rings (SSSR count). The highest BCUT2D eigenvalue weighted by Gasteiger charge is 2.19. The van der Waals surface area contributed by atoms with Gasteiger partial charge in [0.1, 0.15) is 0 Å². The van der Waals surface area contributed by atoms with Gasteiger partial charge < -0.3 is 9.80 Å². The van der Waals surface area contributed by atoms with Crippen molar-refractivity contribution < 1.29 is 4.79 Å². The molecule has 4 nitrogen and oxygen atoms in total. The molecule has 1 aliphatic heterocycles. The number of nitrogens with zero attached hydrogens (tertiary/aromatic N) is 3. The van der Waals surface area contributed by atoms with Crippen LogP contribution in [0.3, 0.4) is 0 Å². The van der Waals surface area contributed by atoms with Gasteiger partial charge in [0.15, 0.2) is 0 Å². The molecule has 0 spiro atoms. The molecule has 1 saturated heterocycles. The molecule has 0 radical (unpaired) electrons. The average Bonchev–Trinajstić information content (AvgIpc) is 3.14. The first-order valence-corrected chi connectivity index (χ1v) is 8.96. The van der Waals surface area contributed by atoms with Crippen LogP contribution in [0.5, 0.6) is 0 Å². The van der Waals surface area contributed by atoms with Crippen LogP contribution >= 0.6 is 0 Å². The molecule has 0 saturated carbocycles. The first kappa shape index (κ1) is 16.9. The fourth-order valence-corrected chi connectivity index (χ4v) is 3.54. The summed E-state index contributed by atoms with van der Waals surface area (Å²) in [4.78, 5) is 21.2. The zero-order chi connectivity index (χ0) is 16.9. The van der Waals surface area contributed by atoms with Gasteiger partial charge in [0.25, 0.3) is 0 Å². The van der Waals surface area contributed by atoms with Gasteiger partial charge >= 0.3 is 0 Å². The van der Waals surface area contributed by atoms with Crippen molar-refractivity contribution in [3.63, 3.8) is 0 Å². The second-order valence-corrected chi connectivity index (χ2v) is 6.87. The van der Waals surface area contributed by atoms with Crippen LogP contribution in [0, 0.1) is 0 Å². The minimum Gasteiger partial charge on any atom is -0.341 e. The van der Waals surface area contributed by atoms with Gasteiger partial charge in [-0.15, -0.1) is 0 Å². The lowest BCUT2D eigenvalue weighted by Gasteiger charge is -2.24. The topological polar surface area (TPSA) is 36.4 Å². The number of hydrogen-bond donors (Lipinski definition) is 0. The quantitative estimate of drug-likeness (QED) is 0.816. The molecule has 2 heterocycles. The Labute approximate surface area is 144 Å². The molecule has 2 aromatic rings. The van der Waals surface area contributed by atoms with E-state index in [1.165, 1.54) is 25.9 Å². The van der Waals surface area contributed by atoms with E-state index in [-0.39, 0.29) is 5.91 Å². The lowest BCUT2D eigenvalue weighted by molar-refractivity contribution is -0.130. The molecule has 24 heavy (non-hydrogen) atoms. The summed E-state index contributed by atoms with van der Waals surface area (Å²) in [5, 5.41) is 1.13. The van der Waals surface area contributed by atoms with Crippen molar-refractivity contribution in [1.29, 1.82) is 0 Å². The predicted molar refractivity (Wildman–Crippen MR) is 97.7 cm³/mol. The number of pyridine rings is 1. The smallest absolute Gasteiger partial charge is 0.222 e. The summed E-state index contributed by atoms with van der Waals surface area (Å²) in [5.41, 5.74) is 2.14. The molecule has 1 amide bonds. The van der Waals surface area contributed by atoms with E-state index in [1.807, 2.05) is 30.1 Å². The summed E-state index contributed by atoms with van der Waals surface area (Å²) in [7, 11) is 1.90. The number of amides is 1. The van der Waals surface area contributed by atoms with Crippen molar-refractivity contribution in [2.24, 2.45) is 0 Å². The number of hydrogen-bond acceptors (Lipinski definition) is 3. The van der Waals surface area contributed by atoms with Gasteiger partial charge in [0.05, 0.1) is 5.52 Å². The van der Waals surface area contributed by atoms with Crippen LogP contribution in [0.2, 0.25) is 0 Å². The van der Waals surface area contributed by atoms with Gasteiger partial charge in [-0.05, 0) is 57.0 Å². The highest BCUT2D eigenvalue weighted by Crippen LogP contribution is 2.19. The third-order valence-electron chi connectivity index (χ3n) is 5.11. The van der Waals surface area contributed by atoms with E-state index in [1.54, 1.807) is 6.20 Å². The summed E-state index contributed by atoms with van der Waals surface area (Å²) in [5.74, 6) is 0.224. The zero-order valence-electron chi connectivity index (χ0n) is 14.7. The molecule has 1 aromatic carbocycles. The summed E-state index contributed by atoms with van der Waals surface area (Å²) < 4.78 is 0. The number of carbonyl (C=O) groups is 1. The Kier molecular flexibility index (Phi) is 5.46. The van der Waals surface area contributed by atoms with Gasteiger partial charge in [-0.3, -0.25) is 9.78 Å². The summed E-state index contributed by atoms with van der Waals surface area (Å²) in [6.45, 7) is 5.26. The fraction of sp³-hybridized carbons (Fsp3) is 0.500. The first-order valence-electron chi connectivity index (χ1n) is 8.96. The van der Waals surface area contributed by atoms with Gasteiger partial charge in [0, 0.05) is 37.6 Å². The maximum atomic E-state index is 12.5. The Morgan fingerprint density at radius 3 is 2.83 bits per heavy atom. The Hall–Kier alpha value is -1.94. The second-order valence-electron chi connectivity index (χ2n) is 6.87. The number of aromatic nitrogens is 1. The molecule has 0 aliphatic carbocycles. The number of fused-ring (bicyclic) bond motifs is 1. The summed E-state index contributed by atoms with van der Waals surface area (Å²) in [6, 6.07) is 10.6. The molecule has 4 heteroatoms. The Balaban J connectivity index is 1.57. The molecule has 1 aromatic heterocycles. The second kappa shape index (κ2) is 7.75. The molecule has 0 N–H and O–H groups in total. The number of rotatable bonds is 6. The van der Waals surface area contributed by atoms with Crippen LogP contribution in [-0.4, -0.2) is 46.9 Å². The molecule has 128 valence electrons. The normalized spacial score (nSPS) is 16.4. The SMILES string of the molecule is C[C@H](CCC(=O)N(C)Cc1cccc2ncccc12)N1CCCC1. The van der Waals surface area contributed by atoms with E-state index in [2.05, 4.69) is 28.9 Å². The van der Waals surface area contributed by atoms with Gasteiger partial charge in [-0.25, -0.2) is 0 Å². The molecule has 1 atom stereocenters. The lowest BCUT2D eigenvalue weighted by Crippen LogP contribution is -2.32. The highest BCUT2D eigenvalue weighted by molar-refractivity contribution is 5.83. The molecular formula is C20H27N3O. The van der Waals surface area contributed by atoms with Crippen molar-refractivity contribution in [2.45, 2.75) is 45.2 Å². The maximum Gasteiger partial charge on any atom is 0.222 e. The molecule has 1 aliphatic rings. The largest absolute Gasteiger partial charge is 0.341 e. The van der Waals surface area contributed by atoms with E-state index >= 15 is 0 Å². The van der Waals surface area contributed by atoms with E-state index in [0.717, 1.165) is 22.9 Å². The number of likely N-dealkylation sites (tertiary alicyclic amines) is 1. The molecule has 0 bridgehead atoms. The Morgan fingerprint density at radius 2 is 2.04 bits per heavy atom. The van der Waals surface area contributed by atoms with Crippen molar-refractivity contribution >= 4 is 16.8 Å². The third kappa shape index (κ3) is 3.93. The van der Waals surface area contributed by atoms with Crippen LogP contribution in [-0.2, 0) is 11.3 Å². The van der Waals surface area contributed by atoms with Crippen LogP contribution < -0.4 is 0 Å². The van der Waals surface area contributed by atoms with E-state index in [0.29, 0.717) is 19.0 Å². The predicted octanol–water partition coefficient (Wildman–Crippen LogP) is 3.46. The van der Waals surface area contributed by atoms with Gasteiger partial charge in [-0.2, -0.15) is 0 Å². The lowest BCUT2D eigenvalue weighted by atomic mass is 10.1. The number of carbonyl (C=O) groups excluding carboxylic acids is 1. The van der Waals surface area contributed by atoms with E-state index < -0.39 is 0 Å². The van der Waals surface area contributed by atoms with Crippen molar-refractivity contribution in [3.05, 3.63) is 42.1 Å². The Morgan fingerprint density at radius 1 is 1.25 bits per heavy atom. The van der Waals surface area contributed by atoms with Crippen molar-refractivity contribution in [2.75, 3.05) is 20.1 Å². The molecule has 1 fully saturated rings. The number of benzene rings is 1. The first-order chi connectivity index (χ1) is 11.6. The van der Waals surface area contributed by atoms with Crippen LogP contribution in [0.1, 0.15) is 38.2 Å². The Bertz CT molecular complexity index is 689. The summed E-state index contributed by atoms with van der Waals surface area (Å²) in [6.07, 6.45) is 5.97. The monoisotopic (exact) mass is 325 g/mol. The fourth-order valence-electron chi connectivity index (χ4n) is 3.54. The van der Waals surface area contributed by atoms with Crippen LogP contribution in [0.4, 0.5) is 0 Å². The highest BCUT2D eigenvalue weighted by atomic mass is 16.2. The van der Waals surface area contributed by atoms with E-state index in [9.17, 15) is 4.79 Å². The average molecular weight is 325 g/mol. The zero-order valence-corrected chi connectivity index (χ0v) is 14.7. The third-order valence-corrected chi connectivity index (χ3v) is 5.11. The van der Waals surface area contributed by atoms with Crippen LogP contribution in [0.25, 0.3) is 10.9 Å². The van der Waals surface area contributed by atoms with Gasteiger partial charge in [0.2, 0.25) is 5.91 Å². The standard InChI is InChI=1S/C20H27N3O/c1-16(23-13-3-4-14-23)10-11-20(24)22(2)15-17-7-5-9-19-18(17)8-6-12-21-19/h5-9,12,16H,3-4,10-11,13-15H2,1-2H3/t16-/m1/s1. The minimum atomic E-state index is 0.224. The molecular weight excluding hydrogens is 298 g/mol. The van der Waals surface area contributed by atoms with Gasteiger partial charge in [-0.1, -0.05) is 18.2 Å². The summed E-state index contributed by atoms with van der Waals surface area (Å²) >= 11 is 0. The van der Waals surface area contributed by atoms with E-state index in [4.69, 9.17) is 0 Å². The van der Waals surface area contributed by atoms with Crippen LogP contribution in [0.15, 0.2) is 36.5 Å².